The Morgan fingerprint density at radius 3 is 1.85 bits per heavy atom. The maximum Gasteiger partial charge on any atom is 0.345 e. The van der Waals surface area contributed by atoms with Gasteiger partial charge in [-0.3, -0.25) is 0 Å². The van der Waals surface area contributed by atoms with E-state index in [4.69, 9.17) is 21.1 Å². The smallest absolute Gasteiger partial charge is 0.345 e. The average molecular weight is 297 g/mol. The van der Waals surface area contributed by atoms with Crippen LogP contribution in [-0.4, -0.2) is 25.2 Å². The first-order chi connectivity index (χ1) is 9.51. The Bertz CT molecular complexity index is 497. The third-order valence-electron chi connectivity index (χ3n) is 2.61. The minimum absolute atomic E-state index is 0.0870. The molecule has 0 unspecified atom stereocenters. The first-order valence-corrected chi connectivity index (χ1v) is 6.70. The molecule has 1 aromatic carbocycles. The highest BCUT2D eigenvalue weighted by Crippen LogP contribution is 2.22. The molecule has 0 N–H and O–H groups in total. The largest absolute Gasteiger partial charge is 0.462 e. The van der Waals surface area contributed by atoms with E-state index in [2.05, 4.69) is 0 Å². The zero-order chi connectivity index (χ0) is 15.1. The van der Waals surface area contributed by atoms with Crippen molar-refractivity contribution in [3.8, 4) is 0 Å². The fourth-order valence-corrected chi connectivity index (χ4v) is 1.77. The summed E-state index contributed by atoms with van der Waals surface area (Å²) in [6, 6.07) is 6.84. The molecule has 0 amide bonds. The minimum atomic E-state index is -0.682. The lowest BCUT2D eigenvalue weighted by molar-refractivity contribution is -0.146. The fraction of sp³-hybridized carbons (Fsp3) is 0.333. The summed E-state index contributed by atoms with van der Waals surface area (Å²) in [5.74, 6) is -1.36. The Kier molecular flexibility index (Phi) is 6.25. The SMILES string of the molecule is CCOC(=O)C(C(=O)OCC)=C(C)c1ccc(Cl)cc1. The minimum Gasteiger partial charge on any atom is -0.462 e. The average Bonchev–Trinajstić information content (AvgIpc) is 2.40. The summed E-state index contributed by atoms with van der Waals surface area (Å²) in [7, 11) is 0. The van der Waals surface area contributed by atoms with E-state index in [0.717, 1.165) is 0 Å². The number of hydrogen-bond acceptors (Lipinski definition) is 4. The van der Waals surface area contributed by atoms with Crippen LogP contribution in [-0.2, 0) is 19.1 Å². The monoisotopic (exact) mass is 296 g/mol. The molecule has 0 bridgehead atoms. The number of carbonyl (C=O) groups is 2. The number of halogens is 1. The number of allylic oxidation sites excluding steroid dienone is 1. The molecular formula is C15H17ClO4. The second kappa shape index (κ2) is 7.70. The lowest BCUT2D eigenvalue weighted by Gasteiger charge is -2.11. The Labute approximate surface area is 123 Å². The zero-order valence-corrected chi connectivity index (χ0v) is 12.5. The Morgan fingerprint density at radius 2 is 1.45 bits per heavy atom. The Hall–Kier alpha value is -1.81. The summed E-state index contributed by atoms with van der Waals surface area (Å²) in [5.41, 5.74) is 1.13. The summed E-state index contributed by atoms with van der Waals surface area (Å²) in [6.45, 7) is 5.41. The second-order valence-electron chi connectivity index (χ2n) is 3.95. The van der Waals surface area contributed by atoms with Crippen LogP contribution in [0.15, 0.2) is 29.8 Å². The summed E-state index contributed by atoms with van der Waals surface area (Å²) in [6.07, 6.45) is 0. The lowest BCUT2D eigenvalue weighted by atomic mass is 10.0. The molecule has 0 heterocycles. The van der Waals surface area contributed by atoms with Crippen LogP contribution in [0, 0.1) is 0 Å². The Morgan fingerprint density at radius 1 is 1.00 bits per heavy atom. The quantitative estimate of drug-likeness (QED) is 0.362. The van der Waals surface area contributed by atoms with Gasteiger partial charge in [0.15, 0.2) is 0 Å². The van der Waals surface area contributed by atoms with Gasteiger partial charge in [0.05, 0.1) is 13.2 Å². The second-order valence-corrected chi connectivity index (χ2v) is 4.38. The predicted molar refractivity (Wildman–Crippen MR) is 77.3 cm³/mol. The highest BCUT2D eigenvalue weighted by atomic mass is 35.5. The molecule has 0 aromatic heterocycles. The fourth-order valence-electron chi connectivity index (χ4n) is 1.64. The topological polar surface area (TPSA) is 52.6 Å². The number of rotatable bonds is 5. The summed E-state index contributed by atoms with van der Waals surface area (Å²) < 4.78 is 9.83. The molecule has 0 fully saturated rings. The van der Waals surface area contributed by atoms with Gasteiger partial charge < -0.3 is 9.47 Å². The van der Waals surface area contributed by atoms with Crippen LogP contribution in [0.4, 0.5) is 0 Å². The van der Waals surface area contributed by atoms with Gasteiger partial charge in [-0.05, 0) is 44.0 Å². The van der Waals surface area contributed by atoms with Crippen LogP contribution < -0.4 is 0 Å². The van der Waals surface area contributed by atoms with E-state index in [1.165, 1.54) is 0 Å². The maximum absolute atomic E-state index is 11.9. The van der Waals surface area contributed by atoms with Crippen LogP contribution in [0.25, 0.3) is 5.57 Å². The molecule has 108 valence electrons. The Balaban J connectivity index is 3.24. The predicted octanol–water partition coefficient (Wildman–Crippen LogP) is 3.24. The van der Waals surface area contributed by atoms with Gasteiger partial charge >= 0.3 is 11.9 Å². The van der Waals surface area contributed by atoms with E-state index in [-0.39, 0.29) is 18.8 Å². The van der Waals surface area contributed by atoms with Crippen molar-refractivity contribution < 1.29 is 19.1 Å². The molecule has 5 heteroatoms. The first-order valence-electron chi connectivity index (χ1n) is 6.32. The van der Waals surface area contributed by atoms with Gasteiger partial charge in [0.25, 0.3) is 0 Å². The van der Waals surface area contributed by atoms with Gasteiger partial charge in [0, 0.05) is 5.02 Å². The summed E-state index contributed by atoms with van der Waals surface area (Å²) >= 11 is 5.82. The number of esters is 2. The highest BCUT2D eigenvalue weighted by Gasteiger charge is 2.24. The molecule has 1 rings (SSSR count). The van der Waals surface area contributed by atoms with Crippen LogP contribution in [0.2, 0.25) is 5.02 Å². The molecule has 0 saturated heterocycles. The van der Waals surface area contributed by atoms with E-state index < -0.39 is 11.9 Å². The van der Waals surface area contributed by atoms with Gasteiger partial charge in [-0.1, -0.05) is 23.7 Å². The van der Waals surface area contributed by atoms with Crippen molar-refractivity contribution in [3.63, 3.8) is 0 Å². The molecule has 0 radical (unpaired) electrons. The third kappa shape index (κ3) is 4.10. The van der Waals surface area contributed by atoms with Crippen molar-refractivity contribution in [2.45, 2.75) is 20.8 Å². The molecule has 0 aliphatic carbocycles. The molecule has 0 aliphatic rings. The van der Waals surface area contributed by atoms with Gasteiger partial charge in [-0.15, -0.1) is 0 Å². The lowest BCUT2D eigenvalue weighted by Crippen LogP contribution is -2.19. The van der Waals surface area contributed by atoms with Crippen LogP contribution in [0.1, 0.15) is 26.3 Å². The maximum atomic E-state index is 11.9. The van der Waals surface area contributed by atoms with Gasteiger partial charge in [0.2, 0.25) is 0 Å². The van der Waals surface area contributed by atoms with Gasteiger partial charge in [-0.2, -0.15) is 0 Å². The van der Waals surface area contributed by atoms with Crippen molar-refractivity contribution in [3.05, 3.63) is 40.4 Å². The molecule has 0 spiro atoms. The van der Waals surface area contributed by atoms with Gasteiger partial charge in [-0.25, -0.2) is 9.59 Å². The molecule has 0 atom stereocenters. The van der Waals surface area contributed by atoms with Gasteiger partial charge in [0.1, 0.15) is 5.57 Å². The van der Waals surface area contributed by atoms with Crippen molar-refractivity contribution in [2.75, 3.05) is 13.2 Å². The first kappa shape index (κ1) is 16.2. The van der Waals surface area contributed by atoms with E-state index >= 15 is 0 Å². The van der Waals surface area contributed by atoms with Crippen LogP contribution in [0.3, 0.4) is 0 Å². The number of benzene rings is 1. The van der Waals surface area contributed by atoms with Crippen molar-refractivity contribution in [1.29, 1.82) is 0 Å². The molecule has 20 heavy (non-hydrogen) atoms. The summed E-state index contributed by atoms with van der Waals surface area (Å²) in [5, 5.41) is 0.579. The van der Waals surface area contributed by atoms with Crippen molar-refractivity contribution in [1.82, 2.24) is 0 Å². The molecular weight excluding hydrogens is 280 g/mol. The van der Waals surface area contributed by atoms with E-state index in [1.54, 1.807) is 45.0 Å². The number of hydrogen-bond donors (Lipinski definition) is 0. The van der Waals surface area contributed by atoms with E-state index in [9.17, 15) is 9.59 Å². The number of ether oxygens (including phenoxy) is 2. The third-order valence-corrected chi connectivity index (χ3v) is 2.86. The van der Waals surface area contributed by atoms with E-state index in [1.807, 2.05) is 0 Å². The summed E-state index contributed by atoms with van der Waals surface area (Å²) in [4.78, 5) is 23.9. The zero-order valence-electron chi connectivity index (χ0n) is 11.7. The highest BCUT2D eigenvalue weighted by molar-refractivity contribution is 6.30. The van der Waals surface area contributed by atoms with Crippen LogP contribution in [0.5, 0.6) is 0 Å². The normalized spacial score (nSPS) is 9.80. The molecule has 4 nitrogen and oxygen atoms in total. The van der Waals surface area contributed by atoms with Crippen molar-refractivity contribution in [2.24, 2.45) is 0 Å². The standard InChI is InChI=1S/C15H17ClO4/c1-4-19-14(17)13(15(18)20-5-2)10(3)11-6-8-12(16)9-7-11/h6-9H,4-5H2,1-3H3. The molecule has 1 aromatic rings. The number of carbonyl (C=O) groups excluding carboxylic acids is 2. The molecule has 0 saturated carbocycles. The van der Waals surface area contributed by atoms with Crippen molar-refractivity contribution >= 4 is 29.1 Å². The van der Waals surface area contributed by atoms with Crippen LogP contribution >= 0.6 is 11.6 Å². The van der Waals surface area contributed by atoms with E-state index in [0.29, 0.717) is 16.2 Å². The molecule has 0 aliphatic heterocycles.